The van der Waals surface area contributed by atoms with E-state index in [4.69, 9.17) is 11.1 Å². The summed E-state index contributed by atoms with van der Waals surface area (Å²) >= 11 is 1.31. The zero-order valence-electron chi connectivity index (χ0n) is 12.1. The molecule has 19 heavy (non-hydrogen) atoms. The second-order valence-electron chi connectivity index (χ2n) is 4.30. The van der Waals surface area contributed by atoms with Crippen LogP contribution in [0.4, 0.5) is 0 Å². The number of hydrogen-bond donors (Lipinski definition) is 4. The van der Waals surface area contributed by atoms with Crippen LogP contribution in [-0.2, 0) is 4.79 Å². The average molecular weight is 290 g/mol. The van der Waals surface area contributed by atoms with Gasteiger partial charge in [-0.25, -0.2) is 0 Å². The van der Waals surface area contributed by atoms with E-state index in [1.165, 1.54) is 11.8 Å². The van der Waals surface area contributed by atoms with Crippen molar-refractivity contribution in [1.82, 2.24) is 15.5 Å². The Hall–Kier alpha value is -0.790. The number of carbonyl (C=O) groups excluding carboxylic acids is 1. The van der Waals surface area contributed by atoms with E-state index >= 15 is 0 Å². The van der Waals surface area contributed by atoms with Crippen LogP contribution in [0.15, 0.2) is 0 Å². The van der Waals surface area contributed by atoms with Crippen LogP contribution in [0.25, 0.3) is 0 Å². The fourth-order valence-corrected chi connectivity index (χ4v) is 2.15. The van der Waals surface area contributed by atoms with Crippen molar-refractivity contribution in [3.05, 3.63) is 0 Å². The number of nitrogens with zero attached hydrogens (tertiary/aromatic N) is 1. The van der Waals surface area contributed by atoms with Crippen molar-refractivity contribution in [3.8, 4) is 0 Å². The van der Waals surface area contributed by atoms with E-state index in [0.717, 1.165) is 32.6 Å². The maximum Gasteiger partial charge on any atom is 0.299 e. The number of nitrogens with two attached hydrogens (primary N) is 2. The fraction of sp³-hybridized carbons (Fsp3) is 0.833. The highest BCUT2D eigenvalue weighted by molar-refractivity contribution is 8.13. The molecule has 0 bridgehead atoms. The smallest absolute Gasteiger partial charge is 0.299 e. The van der Waals surface area contributed by atoms with Gasteiger partial charge in [0.1, 0.15) is 0 Å². The van der Waals surface area contributed by atoms with E-state index < -0.39 is 0 Å². The lowest BCUT2D eigenvalue weighted by molar-refractivity contribution is -0.120. The van der Waals surface area contributed by atoms with Crippen molar-refractivity contribution in [2.75, 3.05) is 45.5 Å². The number of rotatable bonds is 11. The molecule has 0 aliphatic heterocycles. The van der Waals surface area contributed by atoms with Gasteiger partial charge >= 0.3 is 0 Å². The Morgan fingerprint density at radius 3 is 2.58 bits per heavy atom. The third-order valence-corrected chi connectivity index (χ3v) is 3.31. The third-order valence-electron chi connectivity index (χ3n) is 2.57. The standard InChI is InChI=1S/C12H27N5OS/c1-3-7-17(8-5-15-2)9-6-16-11(18)4-10-19-12(13)14/h15H,3-10H2,1-2H3,(H3,13,14)(H,16,18)/p+1. The monoisotopic (exact) mass is 290 g/mol. The Balaban J connectivity index is 3.66. The van der Waals surface area contributed by atoms with Crippen LogP contribution in [0.2, 0.25) is 0 Å². The number of hydrogen-bond acceptors (Lipinski definition) is 4. The van der Waals surface area contributed by atoms with E-state index in [0.29, 0.717) is 23.9 Å². The fourth-order valence-electron chi connectivity index (χ4n) is 1.62. The first-order valence-corrected chi connectivity index (χ1v) is 7.73. The molecule has 7 heteroatoms. The van der Waals surface area contributed by atoms with Gasteiger partial charge in [-0.1, -0.05) is 6.92 Å². The lowest BCUT2D eigenvalue weighted by Crippen LogP contribution is -2.43. The van der Waals surface area contributed by atoms with Crippen molar-refractivity contribution in [1.29, 1.82) is 0 Å². The number of amides is 1. The summed E-state index contributed by atoms with van der Waals surface area (Å²) < 4.78 is 0. The minimum Gasteiger partial charge on any atom is -0.355 e. The molecule has 0 fully saturated rings. The topological polar surface area (TPSA) is 96.0 Å². The summed E-state index contributed by atoms with van der Waals surface area (Å²) in [5.41, 5.74) is 5.31. The first kappa shape index (κ1) is 18.2. The Kier molecular flexibility index (Phi) is 11.7. The van der Waals surface area contributed by atoms with Crippen LogP contribution in [0.5, 0.6) is 0 Å². The summed E-state index contributed by atoms with van der Waals surface area (Å²) in [7, 11) is 1.95. The van der Waals surface area contributed by atoms with Gasteiger partial charge in [0, 0.05) is 38.4 Å². The predicted molar refractivity (Wildman–Crippen MR) is 81.9 cm³/mol. The molecule has 0 atom stereocenters. The molecule has 0 spiro atoms. The summed E-state index contributed by atoms with van der Waals surface area (Å²) in [6.45, 7) is 6.78. The Bertz CT molecular complexity index is 263. The molecule has 0 aliphatic carbocycles. The zero-order chi connectivity index (χ0) is 14.5. The van der Waals surface area contributed by atoms with Crippen LogP contribution in [-0.4, -0.2) is 61.5 Å². The second kappa shape index (κ2) is 12.3. The molecular formula is C12H28N5OS+. The van der Waals surface area contributed by atoms with E-state index in [1.54, 1.807) is 0 Å². The van der Waals surface area contributed by atoms with Gasteiger partial charge in [0.05, 0.1) is 0 Å². The van der Waals surface area contributed by atoms with Gasteiger partial charge in [-0.3, -0.25) is 15.9 Å². The molecule has 6 N–H and O–H groups in total. The van der Waals surface area contributed by atoms with Crippen molar-refractivity contribution in [2.45, 2.75) is 19.8 Å². The van der Waals surface area contributed by atoms with Crippen molar-refractivity contribution < 1.29 is 10.2 Å². The largest absolute Gasteiger partial charge is 0.355 e. The molecule has 0 heterocycles. The Morgan fingerprint density at radius 2 is 2.00 bits per heavy atom. The highest BCUT2D eigenvalue weighted by Gasteiger charge is 2.06. The number of amidine groups is 1. The van der Waals surface area contributed by atoms with Gasteiger partial charge in [0.2, 0.25) is 5.91 Å². The normalized spacial score (nSPS) is 10.7. The number of thioether (sulfide) groups is 1. The third kappa shape index (κ3) is 12.0. The summed E-state index contributed by atoms with van der Waals surface area (Å²) in [6.07, 6.45) is 1.58. The highest BCUT2D eigenvalue weighted by Crippen LogP contribution is 1.98. The molecule has 6 nitrogen and oxygen atoms in total. The van der Waals surface area contributed by atoms with Crippen LogP contribution in [0.3, 0.4) is 0 Å². The number of carbonyl (C=O) groups is 1. The summed E-state index contributed by atoms with van der Waals surface area (Å²) in [5, 5.41) is 11.7. The quantitative estimate of drug-likeness (QED) is 0.267. The highest BCUT2D eigenvalue weighted by atomic mass is 32.2. The number of likely N-dealkylation sites (N-methyl/N-ethyl adjacent to an activating group) is 1. The lowest BCUT2D eigenvalue weighted by Gasteiger charge is -2.21. The average Bonchev–Trinajstić information content (AvgIpc) is 2.35. The van der Waals surface area contributed by atoms with E-state index in [1.807, 2.05) is 7.05 Å². The van der Waals surface area contributed by atoms with Crippen LogP contribution < -0.4 is 21.8 Å². The molecule has 112 valence electrons. The molecule has 0 unspecified atom stereocenters. The van der Waals surface area contributed by atoms with Gasteiger partial charge in [-0.2, -0.15) is 0 Å². The van der Waals surface area contributed by atoms with E-state index in [9.17, 15) is 4.79 Å². The zero-order valence-corrected chi connectivity index (χ0v) is 12.9. The van der Waals surface area contributed by atoms with Gasteiger partial charge in [0.15, 0.2) is 0 Å². The van der Waals surface area contributed by atoms with Gasteiger partial charge < -0.3 is 15.5 Å². The molecule has 0 aliphatic rings. The summed E-state index contributed by atoms with van der Waals surface area (Å²) in [4.78, 5) is 13.9. The van der Waals surface area contributed by atoms with Crippen molar-refractivity contribution in [2.24, 2.45) is 5.73 Å². The molecule has 0 radical (unpaired) electrons. The van der Waals surface area contributed by atoms with Crippen LogP contribution >= 0.6 is 11.8 Å². The molecule has 1 amide bonds. The van der Waals surface area contributed by atoms with Crippen LogP contribution in [0.1, 0.15) is 19.8 Å². The molecule has 0 saturated carbocycles. The van der Waals surface area contributed by atoms with Gasteiger partial charge in [0.25, 0.3) is 5.17 Å². The molecular weight excluding hydrogens is 262 g/mol. The molecule has 0 aromatic carbocycles. The predicted octanol–water partition coefficient (Wildman–Crippen LogP) is -1.77. The first-order valence-electron chi connectivity index (χ1n) is 6.74. The molecule has 0 aromatic rings. The lowest BCUT2D eigenvalue weighted by atomic mass is 10.3. The summed E-state index contributed by atoms with van der Waals surface area (Å²) in [5.74, 6) is 0.686. The Morgan fingerprint density at radius 1 is 1.32 bits per heavy atom. The van der Waals surface area contributed by atoms with Crippen molar-refractivity contribution in [3.63, 3.8) is 0 Å². The minimum atomic E-state index is 0.0545. The minimum absolute atomic E-state index is 0.0545. The van der Waals surface area contributed by atoms with Gasteiger partial charge in [-0.05, 0) is 31.8 Å². The van der Waals surface area contributed by atoms with E-state index in [-0.39, 0.29) is 5.91 Å². The SMILES string of the molecule is CCCN(CCNC)CCNC(=O)CCSC(N)=[NH2+]. The number of nitrogens with one attached hydrogen (secondary N) is 2. The molecule has 0 saturated heterocycles. The maximum absolute atomic E-state index is 11.5. The summed E-state index contributed by atoms with van der Waals surface area (Å²) in [6, 6.07) is 0. The maximum atomic E-state index is 11.5. The first-order chi connectivity index (χ1) is 9.10. The van der Waals surface area contributed by atoms with Gasteiger partial charge in [-0.15, -0.1) is 0 Å². The Labute approximate surface area is 120 Å². The second-order valence-corrected chi connectivity index (χ2v) is 5.46. The van der Waals surface area contributed by atoms with E-state index in [2.05, 4.69) is 22.5 Å². The van der Waals surface area contributed by atoms with Crippen molar-refractivity contribution >= 4 is 22.8 Å². The van der Waals surface area contributed by atoms with Crippen LogP contribution in [0, 0.1) is 0 Å². The molecule has 0 rings (SSSR count). The molecule has 0 aromatic heterocycles.